The number of rotatable bonds is 3. The highest BCUT2D eigenvalue weighted by molar-refractivity contribution is 6.22. The summed E-state index contributed by atoms with van der Waals surface area (Å²) in [5.74, 6) is 0. The summed E-state index contributed by atoms with van der Waals surface area (Å²) in [7, 11) is 0. The van der Waals surface area contributed by atoms with Gasteiger partial charge in [-0.25, -0.2) is 0 Å². The Morgan fingerprint density at radius 1 is 0.306 bits per heavy atom. The molecule has 0 aromatic heterocycles. The molecule has 0 spiro atoms. The first-order valence-electron chi connectivity index (χ1n) is 17.3. The van der Waals surface area contributed by atoms with Crippen LogP contribution in [0.25, 0.3) is 87.6 Å². The number of benzene rings is 9. The molecule has 230 valence electrons. The SMILES string of the molecule is CC1(C)c2ccc(-c3cc(-c4c5ccccc5c(-c5ccccc5)c5ccccc45)cc4ccccc34)cc2-c2cc3ccccc3cc21. The average molecular weight is 623 g/mol. The van der Waals surface area contributed by atoms with Crippen molar-refractivity contribution in [1.82, 2.24) is 0 Å². The molecule has 1 aliphatic rings. The van der Waals surface area contributed by atoms with E-state index in [1.807, 2.05) is 0 Å². The van der Waals surface area contributed by atoms with E-state index in [0.29, 0.717) is 0 Å². The van der Waals surface area contributed by atoms with Crippen molar-refractivity contribution in [2.24, 2.45) is 0 Å². The van der Waals surface area contributed by atoms with Gasteiger partial charge < -0.3 is 0 Å². The van der Waals surface area contributed by atoms with Crippen LogP contribution in [0, 0.1) is 0 Å². The second-order valence-electron chi connectivity index (χ2n) is 14.1. The van der Waals surface area contributed by atoms with Gasteiger partial charge in [0, 0.05) is 5.41 Å². The van der Waals surface area contributed by atoms with Crippen molar-refractivity contribution in [3.63, 3.8) is 0 Å². The van der Waals surface area contributed by atoms with Gasteiger partial charge >= 0.3 is 0 Å². The maximum Gasteiger partial charge on any atom is 0.0159 e. The van der Waals surface area contributed by atoms with Crippen molar-refractivity contribution in [2.75, 3.05) is 0 Å². The van der Waals surface area contributed by atoms with Crippen LogP contribution in [-0.2, 0) is 5.41 Å². The van der Waals surface area contributed by atoms with E-state index < -0.39 is 0 Å². The van der Waals surface area contributed by atoms with Crippen LogP contribution in [0.4, 0.5) is 0 Å². The van der Waals surface area contributed by atoms with Crippen LogP contribution in [-0.4, -0.2) is 0 Å². The Labute approximate surface area is 286 Å². The maximum atomic E-state index is 2.46. The van der Waals surface area contributed by atoms with E-state index >= 15 is 0 Å². The zero-order chi connectivity index (χ0) is 32.7. The predicted molar refractivity (Wildman–Crippen MR) is 210 cm³/mol. The smallest absolute Gasteiger partial charge is 0.0159 e. The quantitative estimate of drug-likeness (QED) is 0.172. The second-order valence-corrected chi connectivity index (χ2v) is 14.1. The number of hydrogen-bond donors (Lipinski definition) is 0. The monoisotopic (exact) mass is 622 g/mol. The molecule has 0 heteroatoms. The molecule has 0 unspecified atom stereocenters. The zero-order valence-corrected chi connectivity index (χ0v) is 27.7. The minimum Gasteiger partial charge on any atom is -0.0622 e. The minimum atomic E-state index is -0.0600. The maximum absolute atomic E-state index is 2.46. The Bertz CT molecular complexity index is 2720. The molecule has 0 atom stereocenters. The Morgan fingerprint density at radius 3 is 1.45 bits per heavy atom. The molecule has 10 rings (SSSR count). The van der Waals surface area contributed by atoms with Gasteiger partial charge in [0.05, 0.1) is 0 Å². The van der Waals surface area contributed by atoms with Gasteiger partial charge in [-0.15, -0.1) is 0 Å². The van der Waals surface area contributed by atoms with Gasteiger partial charge in [0.1, 0.15) is 0 Å². The molecule has 9 aromatic carbocycles. The third-order valence-electron chi connectivity index (χ3n) is 11.0. The van der Waals surface area contributed by atoms with Gasteiger partial charge in [-0.1, -0.05) is 153 Å². The van der Waals surface area contributed by atoms with Crippen LogP contribution >= 0.6 is 0 Å². The van der Waals surface area contributed by atoms with Gasteiger partial charge in [-0.2, -0.15) is 0 Å². The average Bonchev–Trinajstić information content (AvgIpc) is 3.37. The lowest BCUT2D eigenvalue weighted by Crippen LogP contribution is -2.14. The van der Waals surface area contributed by atoms with Crippen LogP contribution < -0.4 is 0 Å². The summed E-state index contributed by atoms with van der Waals surface area (Å²) in [6, 6.07) is 63.2. The third kappa shape index (κ3) is 4.17. The molecule has 49 heavy (non-hydrogen) atoms. The number of fused-ring (bicyclic) bond motifs is 7. The fourth-order valence-corrected chi connectivity index (χ4v) is 8.65. The van der Waals surface area contributed by atoms with Crippen LogP contribution in [0.1, 0.15) is 25.0 Å². The molecule has 0 aliphatic heterocycles. The molecule has 1 aliphatic carbocycles. The Balaban J connectivity index is 1.25. The molecular weight excluding hydrogens is 589 g/mol. The fraction of sp³-hybridized carbons (Fsp3) is 0.0612. The Hall–Kier alpha value is -5.98. The summed E-state index contributed by atoms with van der Waals surface area (Å²) in [5, 5.41) is 10.2. The summed E-state index contributed by atoms with van der Waals surface area (Å²) in [6.45, 7) is 4.74. The van der Waals surface area contributed by atoms with Crippen molar-refractivity contribution < 1.29 is 0 Å². The number of hydrogen-bond acceptors (Lipinski definition) is 0. The van der Waals surface area contributed by atoms with Crippen molar-refractivity contribution in [3.05, 3.63) is 181 Å². The standard InChI is InChI=1S/C49H34/c1-49(2)45-25-24-35(28-43(45)44-27-32-16-6-7-17-33(32)30-46(44)49)42-29-36(26-34-18-8-9-19-37(34)42)48-40-22-12-10-20-38(40)47(31-14-4-3-5-15-31)39-21-11-13-23-41(39)48/h3-30H,1-2H3. The molecular formula is C49H34. The summed E-state index contributed by atoms with van der Waals surface area (Å²) in [5.41, 5.74) is 13.0. The lowest BCUT2D eigenvalue weighted by atomic mass is 9.81. The van der Waals surface area contributed by atoms with E-state index in [1.165, 1.54) is 98.7 Å². The first-order chi connectivity index (χ1) is 24.1. The van der Waals surface area contributed by atoms with Crippen LogP contribution in [0.5, 0.6) is 0 Å². The third-order valence-corrected chi connectivity index (χ3v) is 11.0. The fourth-order valence-electron chi connectivity index (χ4n) is 8.65. The summed E-state index contributed by atoms with van der Waals surface area (Å²) < 4.78 is 0. The first kappa shape index (κ1) is 28.1. The van der Waals surface area contributed by atoms with E-state index in [9.17, 15) is 0 Å². The van der Waals surface area contributed by atoms with Crippen molar-refractivity contribution >= 4 is 43.1 Å². The van der Waals surface area contributed by atoms with E-state index in [2.05, 4.69) is 184 Å². The van der Waals surface area contributed by atoms with Gasteiger partial charge in [-0.05, 0) is 129 Å². The predicted octanol–water partition coefficient (Wildman–Crippen LogP) is 13.6. The van der Waals surface area contributed by atoms with Gasteiger partial charge in [0.2, 0.25) is 0 Å². The lowest BCUT2D eigenvalue weighted by molar-refractivity contribution is 0.661. The highest BCUT2D eigenvalue weighted by Gasteiger charge is 2.36. The van der Waals surface area contributed by atoms with Crippen LogP contribution in [0.3, 0.4) is 0 Å². The molecule has 0 N–H and O–H groups in total. The molecule has 0 amide bonds. The minimum absolute atomic E-state index is 0.0600. The lowest BCUT2D eigenvalue weighted by Gasteiger charge is -2.22. The second kappa shape index (κ2) is 10.5. The molecule has 0 saturated carbocycles. The highest BCUT2D eigenvalue weighted by Crippen LogP contribution is 2.52. The van der Waals surface area contributed by atoms with Crippen molar-refractivity contribution in [1.29, 1.82) is 0 Å². The van der Waals surface area contributed by atoms with E-state index in [0.717, 1.165) is 0 Å². The highest BCUT2D eigenvalue weighted by atomic mass is 14.4. The van der Waals surface area contributed by atoms with Crippen LogP contribution in [0.2, 0.25) is 0 Å². The van der Waals surface area contributed by atoms with Crippen LogP contribution in [0.15, 0.2) is 170 Å². The molecule has 0 radical (unpaired) electrons. The molecule has 0 fully saturated rings. The van der Waals surface area contributed by atoms with Gasteiger partial charge in [-0.3, -0.25) is 0 Å². The molecule has 0 bridgehead atoms. The zero-order valence-electron chi connectivity index (χ0n) is 27.7. The summed E-state index contributed by atoms with van der Waals surface area (Å²) >= 11 is 0. The van der Waals surface area contributed by atoms with Crippen molar-refractivity contribution in [2.45, 2.75) is 19.3 Å². The molecule has 0 nitrogen and oxygen atoms in total. The Morgan fingerprint density at radius 2 is 0.796 bits per heavy atom. The van der Waals surface area contributed by atoms with Gasteiger partial charge in [0.15, 0.2) is 0 Å². The summed E-state index contributed by atoms with van der Waals surface area (Å²) in [4.78, 5) is 0. The molecule has 9 aromatic rings. The van der Waals surface area contributed by atoms with E-state index in [4.69, 9.17) is 0 Å². The Kier molecular flexibility index (Phi) is 6.02. The normalized spacial score (nSPS) is 13.3. The molecule has 0 heterocycles. The first-order valence-corrected chi connectivity index (χ1v) is 17.3. The van der Waals surface area contributed by atoms with Gasteiger partial charge in [0.25, 0.3) is 0 Å². The molecule has 0 saturated heterocycles. The topological polar surface area (TPSA) is 0 Å². The largest absolute Gasteiger partial charge is 0.0622 e. The van der Waals surface area contributed by atoms with E-state index in [-0.39, 0.29) is 5.41 Å². The summed E-state index contributed by atoms with van der Waals surface area (Å²) in [6.07, 6.45) is 0. The van der Waals surface area contributed by atoms with E-state index in [1.54, 1.807) is 0 Å². The van der Waals surface area contributed by atoms with Crippen molar-refractivity contribution in [3.8, 4) is 44.5 Å².